The van der Waals surface area contributed by atoms with Crippen LogP contribution in [0.3, 0.4) is 0 Å². The predicted octanol–water partition coefficient (Wildman–Crippen LogP) is 2.85. The third-order valence-electron chi connectivity index (χ3n) is 2.71. The second kappa shape index (κ2) is 6.05. The molecule has 0 aliphatic carbocycles. The van der Waals surface area contributed by atoms with Crippen molar-refractivity contribution in [2.45, 2.75) is 46.4 Å². The molecule has 20 heavy (non-hydrogen) atoms. The fourth-order valence-electron chi connectivity index (χ4n) is 1.69. The third-order valence-corrected chi connectivity index (χ3v) is 2.71. The van der Waals surface area contributed by atoms with Crippen molar-refractivity contribution >= 4 is 0 Å². The quantitative estimate of drug-likeness (QED) is 0.909. The third kappa shape index (κ3) is 4.35. The summed E-state index contributed by atoms with van der Waals surface area (Å²) in [6.07, 6.45) is 0. The van der Waals surface area contributed by atoms with E-state index in [1.54, 1.807) is 6.92 Å². The first-order chi connectivity index (χ1) is 9.44. The van der Waals surface area contributed by atoms with Gasteiger partial charge in [0, 0.05) is 24.6 Å². The van der Waals surface area contributed by atoms with Crippen molar-refractivity contribution < 1.29 is 9.26 Å². The molecule has 0 unspecified atom stereocenters. The molecule has 0 saturated carbocycles. The van der Waals surface area contributed by atoms with Crippen molar-refractivity contribution in [1.82, 2.24) is 15.5 Å². The Morgan fingerprint density at radius 2 is 2.00 bits per heavy atom. The van der Waals surface area contributed by atoms with Crippen molar-refractivity contribution in [3.8, 4) is 5.75 Å². The first-order valence-corrected chi connectivity index (χ1v) is 6.69. The molecule has 5 nitrogen and oxygen atoms in total. The highest BCUT2D eigenvalue weighted by atomic mass is 16.5. The number of hydrogen-bond acceptors (Lipinski definition) is 5. The molecule has 0 spiro atoms. The number of aryl methyl sites for hydroxylation is 1. The number of aromatic nitrogens is 2. The number of para-hydroxylation sites is 1. The van der Waals surface area contributed by atoms with Crippen molar-refractivity contribution in [3.05, 3.63) is 41.5 Å². The van der Waals surface area contributed by atoms with Crippen LogP contribution >= 0.6 is 0 Å². The maximum absolute atomic E-state index is 5.78. The largest absolute Gasteiger partial charge is 0.485 e. The van der Waals surface area contributed by atoms with E-state index in [0.717, 1.165) is 17.9 Å². The number of hydrogen-bond donors (Lipinski definition) is 1. The van der Waals surface area contributed by atoms with Gasteiger partial charge in [-0.25, -0.2) is 0 Å². The SMILES string of the molecule is Cc1nc(COc2ccccc2CNC(C)(C)C)no1. The smallest absolute Gasteiger partial charge is 0.223 e. The van der Waals surface area contributed by atoms with E-state index < -0.39 is 0 Å². The number of nitrogens with zero attached hydrogens (tertiary/aromatic N) is 2. The summed E-state index contributed by atoms with van der Waals surface area (Å²) in [5.41, 5.74) is 1.18. The summed E-state index contributed by atoms with van der Waals surface area (Å²) in [6, 6.07) is 7.96. The Morgan fingerprint density at radius 1 is 1.25 bits per heavy atom. The van der Waals surface area contributed by atoms with Crippen molar-refractivity contribution in [2.75, 3.05) is 0 Å². The van der Waals surface area contributed by atoms with Gasteiger partial charge in [0.2, 0.25) is 11.7 Å². The number of ether oxygens (including phenoxy) is 1. The van der Waals surface area contributed by atoms with Gasteiger partial charge < -0.3 is 14.6 Å². The van der Waals surface area contributed by atoms with Crippen molar-refractivity contribution in [3.63, 3.8) is 0 Å². The second-order valence-electron chi connectivity index (χ2n) is 5.73. The zero-order valence-corrected chi connectivity index (χ0v) is 12.4. The molecule has 2 rings (SSSR count). The van der Waals surface area contributed by atoms with Gasteiger partial charge in [0.1, 0.15) is 5.75 Å². The van der Waals surface area contributed by atoms with Crippen LogP contribution in [-0.4, -0.2) is 15.7 Å². The molecule has 0 amide bonds. The van der Waals surface area contributed by atoms with Gasteiger partial charge in [-0.15, -0.1) is 0 Å². The lowest BCUT2D eigenvalue weighted by Gasteiger charge is -2.21. The highest BCUT2D eigenvalue weighted by molar-refractivity contribution is 5.33. The first kappa shape index (κ1) is 14.5. The normalized spacial score (nSPS) is 11.6. The summed E-state index contributed by atoms with van der Waals surface area (Å²) in [4.78, 5) is 4.12. The molecule has 108 valence electrons. The van der Waals surface area contributed by atoms with Gasteiger partial charge in [-0.05, 0) is 26.8 Å². The molecule has 1 heterocycles. The van der Waals surface area contributed by atoms with Gasteiger partial charge in [0.25, 0.3) is 0 Å². The Hall–Kier alpha value is -1.88. The van der Waals surface area contributed by atoms with Gasteiger partial charge in [-0.3, -0.25) is 0 Å². The maximum Gasteiger partial charge on any atom is 0.223 e. The standard InChI is InChI=1S/C15H21N3O2/c1-11-17-14(18-20-11)10-19-13-8-6-5-7-12(13)9-16-15(2,3)4/h5-8,16H,9-10H2,1-4H3. The van der Waals surface area contributed by atoms with Crippen LogP contribution in [0.1, 0.15) is 38.0 Å². The van der Waals surface area contributed by atoms with E-state index in [4.69, 9.17) is 9.26 Å². The summed E-state index contributed by atoms with van der Waals surface area (Å²) in [5, 5.41) is 7.27. The summed E-state index contributed by atoms with van der Waals surface area (Å²) in [5.74, 6) is 1.94. The summed E-state index contributed by atoms with van der Waals surface area (Å²) in [6.45, 7) is 9.24. The topological polar surface area (TPSA) is 60.2 Å². The summed E-state index contributed by atoms with van der Waals surface area (Å²) in [7, 11) is 0. The van der Waals surface area contributed by atoms with Crippen LogP contribution in [0.25, 0.3) is 0 Å². The lowest BCUT2D eigenvalue weighted by Crippen LogP contribution is -2.35. The zero-order chi connectivity index (χ0) is 14.6. The molecule has 1 aromatic heterocycles. The van der Waals surface area contributed by atoms with Gasteiger partial charge in [-0.1, -0.05) is 23.4 Å². The van der Waals surface area contributed by atoms with Gasteiger partial charge >= 0.3 is 0 Å². The molecule has 5 heteroatoms. The molecule has 0 bridgehead atoms. The molecule has 0 radical (unpaired) electrons. The fourth-order valence-corrected chi connectivity index (χ4v) is 1.69. The van der Waals surface area contributed by atoms with E-state index in [0.29, 0.717) is 18.3 Å². The van der Waals surface area contributed by atoms with Crippen LogP contribution in [0.5, 0.6) is 5.75 Å². The highest BCUT2D eigenvalue weighted by Gasteiger charge is 2.11. The van der Waals surface area contributed by atoms with E-state index >= 15 is 0 Å². The van der Waals surface area contributed by atoms with Crippen LogP contribution < -0.4 is 10.1 Å². The van der Waals surface area contributed by atoms with Gasteiger partial charge in [0.05, 0.1) is 0 Å². The van der Waals surface area contributed by atoms with E-state index in [9.17, 15) is 0 Å². The molecule has 0 aliphatic heterocycles. The maximum atomic E-state index is 5.78. The lowest BCUT2D eigenvalue weighted by atomic mass is 10.1. The molecular weight excluding hydrogens is 254 g/mol. The van der Waals surface area contributed by atoms with Gasteiger partial charge in [-0.2, -0.15) is 4.98 Å². The summed E-state index contributed by atoms with van der Waals surface area (Å²) < 4.78 is 10.7. The summed E-state index contributed by atoms with van der Waals surface area (Å²) >= 11 is 0. The van der Waals surface area contributed by atoms with Crippen LogP contribution in [0.15, 0.2) is 28.8 Å². The van der Waals surface area contributed by atoms with E-state index in [1.165, 1.54) is 0 Å². The van der Waals surface area contributed by atoms with E-state index in [-0.39, 0.29) is 5.54 Å². The van der Waals surface area contributed by atoms with Crippen LogP contribution in [0, 0.1) is 6.92 Å². The molecule has 0 fully saturated rings. The average Bonchev–Trinajstić information content (AvgIpc) is 2.80. The number of rotatable bonds is 5. The average molecular weight is 275 g/mol. The minimum absolute atomic E-state index is 0.0674. The predicted molar refractivity (Wildman–Crippen MR) is 76.4 cm³/mol. The van der Waals surface area contributed by atoms with E-state index in [2.05, 4.69) is 42.3 Å². The molecule has 1 aromatic carbocycles. The molecule has 1 N–H and O–H groups in total. The number of benzene rings is 1. The lowest BCUT2D eigenvalue weighted by molar-refractivity contribution is 0.281. The molecular formula is C15H21N3O2. The fraction of sp³-hybridized carbons (Fsp3) is 0.467. The minimum Gasteiger partial charge on any atom is -0.485 e. The molecule has 0 aliphatic rings. The Balaban J connectivity index is 2.00. The first-order valence-electron chi connectivity index (χ1n) is 6.69. The van der Waals surface area contributed by atoms with Crippen LogP contribution in [-0.2, 0) is 13.2 Å². The van der Waals surface area contributed by atoms with Crippen LogP contribution in [0.2, 0.25) is 0 Å². The monoisotopic (exact) mass is 275 g/mol. The van der Waals surface area contributed by atoms with Crippen molar-refractivity contribution in [1.29, 1.82) is 0 Å². The van der Waals surface area contributed by atoms with Crippen molar-refractivity contribution in [2.24, 2.45) is 0 Å². The Bertz CT molecular complexity index is 558. The van der Waals surface area contributed by atoms with Gasteiger partial charge in [0.15, 0.2) is 6.61 Å². The highest BCUT2D eigenvalue weighted by Crippen LogP contribution is 2.19. The minimum atomic E-state index is 0.0674. The Kier molecular flexibility index (Phi) is 4.39. The van der Waals surface area contributed by atoms with E-state index in [1.807, 2.05) is 18.2 Å². The molecule has 0 atom stereocenters. The number of nitrogens with one attached hydrogen (secondary N) is 1. The van der Waals surface area contributed by atoms with Crippen LogP contribution in [0.4, 0.5) is 0 Å². The second-order valence-corrected chi connectivity index (χ2v) is 5.73. The molecule has 2 aromatic rings. The zero-order valence-electron chi connectivity index (χ0n) is 12.4. The Morgan fingerprint density at radius 3 is 2.65 bits per heavy atom. The Labute approximate surface area is 119 Å². The molecule has 0 saturated heterocycles.